The Morgan fingerprint density at radius 1 is 1.25 bits per heavy atom. The molecule has 1 nitrogen and oxygen atoms in total. The van der Waals surface area contributed by atoms with E-state index in [4.69, 9.17) is 11.6 Å². The minimum Gasteiger partial charge on any atom is -0.207 e. The number of nitrogens with zero attached hydrogens (tertiary/aromatic N) is 1. The first-order valence-electron chi connectivity index (χ1n) is 5.55. The number of benzene rings is 1. The van der Waals surface area contributed by atoms with Crippen LogP contribution in [0.1, 0.15) is 37.7 Å². The van der Waals surface area contributed by atoms with Gasteiger partial charge in [0.25, 0.3) is 0 Å². The molecule has 0 aromatic heterocycles. The van der Waals surface area contributed by atoms with Crippen molar-refractivity contribution >= 4 is 11.6 Å². The number of rotatable bonds is 1. The van der Waals surface area contributed by atoms with Gasteiger partial charge in [-0.1, -0.05) is 36.9 Å². The fourth-order valence-electron chi connectivity index (χ4n) is 2.47. The van der Waals surface area contributed by atoms with Crippen LogP contribution in [0.4, 0.5) is 4.39 Å². The van der Waals surface area contributed by atoms with E-state index in [1.54, 1.807) is 12.1 Å². The van der Waals surface area contributed by atoms with Gasteiger partial charge in [0.15, 0.2) is 0 Å². The summed E-state index contributed by atoms with van der Waals surface area (Å²) in [4.78, 5) is 0. The molecule has 0 heterocycles. The molecule has 16 heavy (non-hydrogen) atoms. The van der Waals surface area contributed by atoms with Crippen molar-refractivity contribution in [2.75, 3.05) is 0 Å². The molecule has 84 valence electrons. The van der Waals surface area contributed by atoms with Crippen molar-refractivity contribution in [3.63, 3.8) is 0 Å². The summed E-state index contributed by atoms with van der Waals surface area (Å²) in [5.74, 6) is -0.351. The second kappa shape index (κ2) is 4.43. The first-order chi connectivity index (χ1) is 7.68. The number of hydrogen-bond donors (Lipinski definition) is 0. The van der Waals surface area contributed by atoms with E-state index in [0.717, 1.165) is 32.1 Å². The Labute approximate surface area is 99.8 Å². The standard InChI is InChI=1S/C13H13ClFN/c14-10-4-5-11(12(15)8-10)13(9-16)6-2-1-3-7-13/h4-5,8H,1-3,6-7H2. The number of hydrogen-bond acceptors (Lipinski definition) is 1. The third-order valence-corrected chi connectivity index (χ3v) is 3.60. The van der Waals surface area contributed by atoms with E-state index < -0.39 is 5.41 Å². The van der Waals surface area contributed by atoms with Crippen LogP contribution in [0.2, 0.25) is 5.02 Å². The lowest BCUT2D eigenvalue weighted by Gasteiger charge is -2.31. The van der Waals surface area contributed by atoms with Crippen LogP contribution in [-0.4, -0.2) is 0 Å². The smallest absolute Gasteiger partial charge is 0.129 e. The fraction of sp³-hybridized carbons (Fsp3) is 0.462. The second-order valence-electron chi connectivity index (χ2n) is 4.38. The quantitative estimate of drug-likeness (QED) is 0.718. The number of halogens is 2. The van der Waals surface area contributed by atoms with E-state index in [2.05, 4.69) is 6.07 Å². The van der Waals surface area contributed by atoms with E-state index in [0.29, 0.717) is 10.6 Å². The normalized spacial score (nSPS) is 19.1. The summed E-state index contributed by atoms with van der Waals surface area (Å²) in [5.41, 5.74) is -0.119. The van der Waals surface area contributed by atoms with Crippen LogP contribution in [0.25, 0.3) is 0 Å². The molecular weight excluding hydrogens is 225 g/mol. The molecular formula is C13H13ClFN. The predicted molar refractivity (Wildman–Crippen MR) is 61.8 cm³/mol. The molecule has 1 fully saturated rings. The highest BCUT2D eigenvalue weighted by Crippen LogP contribution is 2.40. The Balaban J connectivity index is 2.44. The molecule has 0 bridgehead atoms. The summed E-state index contributed by atoms with van der Waals surface area (Å²) in [5, 5.41) is 9.72. The fourth-order valence-corrected chi connectivity index (χ4v) is 2.63. The van der Waals surface area contributed by atoms with Crippen LogP contribution in [0.15, 0.2) is 18.2 Å². The van der Waals surface area contributed by atoms with Crippen molar-refractivity contribution in [1.82, 2.24) is 0 Å². The lowest BCUT2D eigenvalue weighted by atomic mass is 9.70. The highest BCUT2D eigenvalue weighted by Gasteiger charge is 2.36. The van der Waals surface area contributed by atoms with Gasteiger partial charge in [0, 0.05) is 10.6 Å². The Bertz CT molecular complexity index is 430. The van der Waals surface area contributed by atoms with E-state index in [-0.39, 0.29) is 5.82 Å². The second-order valence-corrected chi connectivity index (χ2v) is 4.82. The predicted octanol–water partition coefficient (Wildman–Crippen LogP) is 4.20. The van der Waals surface area contributed by atoms with E-state index >= 15 is 0 Å². The van der Waals surface area contributed by atoms with Crippen molar-refractivity contribution in [2.45, 2.75) is 37.5 Å². The van der Waals surface area contributed by atoms with Gasteiger partial charge in [-0.3, -0.25) is 0 Å². The summed E-state index contributed by atoms with van der Waals surface area (Å²) in [6.45, 7) is 0. The van der Waals surface area contributed by atoms with Crippen molar-refractivity contribution in [1.29, 1.82) is 5.26 Å². The van der Waals surface area contributed by atoms with Crippen LogP contribution in [0, 0.1) is 17.1 Å². The van der Waals surface area contributed by atoms with Gasteiger partial charge in [-0.2, -0.15) is 5.26 Å². The van der Waals surface area contributed by atoms with Crippen molar-refractivity contribution in [2.24, 2.45) is 0 Å². The summed E-state index contributed by atoms with van der Waals surface area (Å²) in [6.07, 6.45) is 4.63. The minimum absolute atomic E-state index is 0.351. The number of nitriles is 1. The first-order valence-corrected chi connectivity index (χ1v) is 5.92. The Morgan fingerprint density at radius 3 is 2.50 bits per heavy atom. The van der Waals surface area contributed by atoms with Crippen molar-refractivity contribution < 1.29 is 4.39 Å². The molecule has 0 radical (unpaired) electrons. The monoisotopic (exact) mass is 237 g/mol. The maximum absolute atomic E-state index is 13.8. The molecule has 0 atom stereocenters. The zero-order valence-electron chi connectivity index (χ0n) is 8.97. The third kappa shape index (κ3) is 1.92. The van der Waals surface area contributed by atoms with Crippen LogP contribution in [0.3, 0.4) is 0 Å². The van der Waals surface area contributed by atoms with Gasteiger partial charge in [0.05, 0.1) is 11.5 Å². The molecule has 3 heteroatoms. The van der Waals surface area contributed by atoms with Crippen molar-refractivity contribution in [3.8, 4) is 6.07 Å². The van der Waals surface area contributed by atoms with Gasteiger partial charge in [0.1, 0.15) is 5.82 Å². The molecule has 2 rings (SSSR count). The SMILES string of the molecule is N#CC1(c2ccc(Cl)cc2F)CCCCC1. The third-order valence-electron chi connectivity index (χ3n) is 3.37. The van der Waals surface area contributed by atoms with E-state index in [9.17, 15) is 9.65 Å². The van der Waals surface area contributed by atoms with Gasteiger partial charge >= 0.3 is 0 Å². The summed E-state index contributed by atoms with van der Waals surface area (Å²) in [7, 11) is 0. The largest absolute Gasteiger partial charge is 0.207 e. The molecule has 0 spiro atoms. The minimum atomic E-state index is -0.632. The topological polar surface area (TPSA) is 23.8 Å². The van der Waals surface area contributed by atoms with Gasteiger partial charge in [-0.15, -0.1) is 0 Å². The molecule has 1 saturated carbocycles. The summed E-state index contributed by atoms with van der Waals surface area (Å²) < 4.78 is 13.8. The average Bonchev–Trinajstić information content (AvgIpc) is 2.30. The molecule has 0 amide bonds. The lowest BCUT2D eigenvalue weighted by molar-refractivity contribution is 0.354. The van der Waals surface area contributed by atoms with Crippen LogP contribution in [0.5, 0.6) is 0 Å². The molecule has 1 aliphatic rings. The Hall–Kier alpha value is -1.07. The molecule has 1 aromatic carbocycles. The summed E-state index contributed by atoms with van der Waals surface area (Å²) in [6, 6.07) is 6.93. The molecule has 1 aliphatic carbocycles. The van der Waals surface area contributed by atoms with E-state index in [1.165, 1.54) is 6.07 Å². The molecule has 0 aliphatic heterocycles. The first kappa shape index (κ1) is 11.4. The van der Waals surface area contributed by atoms with Crippen LogP contribution >= 0.6 is 11.6 Å². The molecule has 0 saturated heterocycles. The zero-order valence-corrected chi connectivity index (χ0v) is 9.73. The van der Waals surface area contributed by atoms with Gasteiger partial charge < -0.3 is 0 Å². The lowest BCUT2D eigenvalue weighted by Crippen LogP contribution is -2.28. The van der Waals surface area contributed by atoms with Gasteiger partial charge in [-0.25, -0.2) is 4.39 Å². The van der Waals surface area contributed by atoms with Crippen LogP contribution in [-0.2, 0) is 5.41 Å². The Kier molecular flexibility index (Phi) is 3.16. The molecule has 1 aromatic rings. The maximum atomic E-state index is 13.8. The molecule has 0 N–H and O–H groups in total. The highest BCUT2D eigenvalue weighted by atomic mass is 35.5. The average molecular weight is 238 g/mol. The summed E-state index contributed by atoms with van der Waals surface area (Å²) >= 11 is 5.72. The van der Waals surface area contributed by atoms with E-state index in [1.807, 2.05) is 0 Å². The highest BCUT2D eigenvalue weighted by molar-refractivity contribution is 6.30. The van der Waals surface area contributed by atoms with Crippen LogP contribution < -0.4 is 0 Å². The van der Waals surface area contributed by atoms with Gasteiger partial charge in [-0.05, 0) is 25.0 Å². The van der Waals surface area contributed by atoms with Crippen molar-refractivity contribution in [3.05, 3.63) is 34.6 Å². The zero-order chi connectivity index (χ0) is 11.6. The molecule has 0 unspecified atom stereocenters. The Morgan fingerprint density at radius 2 is 1.94 bits per heavy atom. The maximum Gasteiger partial charge on any atom is 0.129 e. The van der Waals surface area contributed by atoms with Gasteiger partial charge in [0.2, 0.25) is 0 Å².